The van der Waals surface area contributed by atoms with Crippen molar-refractivity contribution in [2.75, 3.05) is 11.9 Å². The molecule has 190 valence electrons. The molecular weight excluding hydrogens is 479 g/mol. The topological polar surface area (TPSA) is 131 Å². The van der Waals surface area contributed by atoms with Gasteiger partial charge in [0.2, 0.25) is 11.9 Å². The number of carbonyl (C=O) groups is 2. The van der Waals surface area contributed by atoms with Gasteiger partial charge in [-0.15, -0.1) is 10.2 Å². The maximum atomic E-state index is 14.4. The van der Waals surface area contributed by atoms with Gasteiger partial charge >= 0.3 is 5.97 Å². The van der Waals surface area contributed by atoms with Crippen LogP contribution in [-0.2, 0) is 17.9 Å². The number of hydrogen-bond donors (Lipinski definition) is 2. The van der Waals surface area contributed by atoms with E-state index in [9.17, 15) is 19.1 Å². The maximum absolute atomic E-state index is 14.4. The number of aromatic nitrogens is 6. The minimum Gasteiger partial charge on any atom is -0.478 e. The normalized spacial score (nSPS) is 19.5. The van der Waals surface area contributed by atoms with Crippen LogP contribution >= 0.6 is 0 Å². The fourth-order valence-electron chi connectivity index (χ4n) is 5.33. The quantitative estimate of drug-likeness (QED) is 0.424. The number of carbonyl (C=O) groups excluding carboxylic acids is 1. The smallest absolute Gasteiger partial charge is 0.338 e. The number of nitrogens with zero attached hydrogens (tertiary/aromatic N) is 7. The second-order valence-corrected chi connectivity index (χ2v) is 9.48. The predicted octanol–water partition coefficient (Wildman–Crippen LogP) is 2.86. The molecule has 0 saturated heterocycles. The molecule has 1 amide bonds. The van der Waals surface area contributed by atoms with Gasteiger partial charge in [0.25, 0.3) is 0 Å². The van der Waals surface area contributed by atoms with Crippen molar-refractivity contribution in [3.63, 3.8) is 0 Å². The minimum absolute atomic E-state index is 0.0182. The first-order valence-corrected chi connectivity index (χ1v) is 12.3. The van der Waals surface area contributed by atoms with E-state index in [-0.39, 0.29) is 28.8 Å². The lowest BCUT2D eigenvalue weighted by atomic mass is 9.85. The van der Waals surface area contributed by atoms with Gasteiger partial charge in [-0.25, -0.2) is 14.2 Å². The van der Waals surface area contributed by atoms with Crippen LogP contribution in [0.25, 0.3) is 16.7 Å². The fourth-order valence-corrected chi connectivity index (χ4v) is 5.33. The number of anilines is 1. The van der Waals surface area contributed by atoms with Crippen molar-refractivity contribution < 1.29 is 19.1 Å². The van der Waals surface area contributed by atoms with Gasteiger partial charge in [-0.2, -0.15) is 4.98 Å². The fraction of sp³-hybridized carbons (Fsp3) is 0.360. The largest absolute Gasteiger partial charge is 0.478 e. The van der Waals surface area contributed by atoms with Crippen molar-refractivity contribution in [3.05, 3.63) is 60.2 Å². The Morgan fingerprint density at radius 3 is 2.76 bits per heavy atom. The zero-order valence-electron chi connectivity index (χ0n) is 19.9. The third-order valence-corrected chi connectivity index (χ3v) is 7.26. The standard InChI is InChI=1S/C25H25FN8O3/c26-18-2-1-3-19-22(18)17(24(36)37)12-34(19)20-8-9-27-25(30-20)29-16-6-4-15(5-7-16)23(35)32-10-11-33-14-28-31-21(33)13-32/h1-3,8-9,12,14-16H,4-7,10-11,13H2,(H,36,37)(H,27,29,30). The summed E-state index contributed by atoms with van der Waals surface area (Å²) in [7, 11) is 0. The maximum Gasteiger partial charge on any atom is 0.338 e. The molecule has 0 spiro atoms. The van der Waals surface area contributed by atoms with E-state index in [1.807, 2.05) is 9.47 Å². The molecule has 4 aromatic rings. The van der Waals surface area contributed by atoms with Crippen LogP contribution in [0.1, 0.15) is 41.9 Å². The number of carboxylic acid groups (broad SMARTS) is 1. The van der Waals surface area contributed by atoms with Gasteiger partial charge in [0, 0.05) is 37.4 Å². The second kappa shape index (κ2) is 9.26. The molecule has 11 nitrogen and oxygen atoms in total. The summed E-state index contributed by atoms with van der Waals surface area (Å²) in [5, 5.41) is 21.0. The molecule has 0 unspecified atom stereocenters. The summed E-state index contributed by atoms with van der Waals surface area (Å²) in [6.45, 7) is 1.89. The zero-order chi connectivity index (χ0) is 25.5. The highest BCUT2D eigenvalue weighted by molar-refractivity contribution is 6.04. The molecule has 37 heavy (non-hydrogen) atoms. The number of nitrogens with one attached hydrogen (secondary N) is 1. The van der Waals surface area contributed by atoms with Crippen LogP contribution in [0.5, 0.6) is 0 Å². The number of hydrogen-bond acceptors (Lipinski definition) is 7. The van der Waals surface area contributed by atoms with Gasteiger partial charge in [0.05, 0.1) is 23.0 Å². The van der Waals surface area contributed by atoms with Crippen molar-refractivity contribution in [2.24, 2.45) is 5.92 Å². The summed E-state index contributed by atoms with van der Waals surface area (Å²) in [4.78, 5) is 35.6. The Morgan fingerprint density at radius 2 is 1.95 bits per heavy atom. The molecule has 4 heterocycles. The molecule has 1 fully saturated rings. The summed E-state index contributed by atoms with van der Waals surface area (Å²) in [6, 6.07) is 6.19. The Morgan fingerprint density at radius 1 is 1.11 bits per heavy atom. The minimum atomic E-state index is -1.21. The van der Waals surface area contributed by atoms with Crippen molar-refractivity contribution in [2.45, 2.75) is 44.8 Å². The average Bonchev–Trinajstić information content (AvgIpc) is 3.54. The first kappa shape index (κ1) is 23.1. The van der Waals surface area contributed by atoms with E-state index in [1.165, 1.54) is 18.3 Å². The molecule has 12 heteroatoms. The third-order valence-electron chi connectivity index (χ3n) is 7.26. The Balaban J connectivity index is 1.13. The van der Waals surface area contributed by atoms with Crippen LogP contribution in [0.2, 0.25) is 0 Å². The first-order valence-electron chi connectivity index (χ1n) is 12.3. The lowest BCUT2D eigenvalue weighted by molar-refractivity contribution is -0.138. The highest BCUT2D eigenvalue weighted by atomic mass is 19.1. The molecule has 2 N–H and O–H groups in total. The average molecular weight is 505 g/mol. The van der Waals surface area contributed by atoms with E-state index in [0.717, 1.165) is 38.1 Å². The molecular formula is C25H25FN8O3. The molecule has 1 aliphatic heterocycles. The number of carboxylic acids is 1. The van der Waals surface area contributed by atoms with E-state index in [1.54, 1.807) is 29.2 Å². The van der Waals surface area contributed by atoms with Gasteiger partial charge in [0.1, 0.15) is 18.0 Å². The Bertz CT molecular complexity index is 1490. The second-order valence-electron chi connectivity index (χ2n) is 9.48. The monoisotopic (exact) mass is 504 g/mol. The van der Waals surface area contributed by atoms with Crippen LogP contribution in [0, 0.1) is 11.7 Å². The molecule has 0 atom stereocenters. The van der Waals surface area contributed by atoms with Crippen LogP contribution in [0.4, 0.5) is 10.3 Å². The summed E-state index contributed by atoms with van der Waals surface area (Å²) in [5.41, 5.74) is 0.287. The number of fused-ring (bicyclic) bond motifs is 2. The van der Waals surface area contributed by atoms with E-state index in [2.05, 4.69) is 25.5 Å². The summed E-state index contributed by atoms with van der Waals surface area (Å²) >= 11 is 0. The lowest BCUT2D eigenvalue weighted by Gasteiger charge is -2.34. The Hall–Kier alpha value is -4.35. The Kier molecular flexibility index (Phi) is 5.78. The molecule has 3 aromatic heterocycles. The summed E-state index contributed by atoms with van der Waals surface area (Å²) < 4.78 is 18.0. The van der Waals surface area contributed by atoms with E-state index in [4.69, 9.17) is 0 Å². The van der Waals surface area contributed by atoms with Crippen molar-refractivity contribution in [1.82, 2.24) is 34.2 Å². The van der Waals surface area contributed by atoms with Crippen LogP contribution in [-0.4, -0.2) is 63.8 Å². The lowest BCUT2D eigenvalue weighted by Crippen LogP contribution is -2.43. The van der Waals surface area contributed by atoms with Crippen molar-refractivity contribution in [1.29, 1.82) is 0 Å². The molecule has 2 aliphatic rings. The van der Waals surface area contributed by atoms with E-state index >= 15 is 0 Å². The van der Waals surface area contributed by atoms with E-state index in [0.29, 0.717) is 30.4 Å². The van der Waals surface area contributed by atoms with Crippen molar-refractivity contribution >= 4 is 28.7 Å². The van der Waals surface area contributed by atoms with E-state index < -0.39 is 11.8 Å². The molecule has 6 rings (SSSR count). The van der Waals surface area contributed by atoms with Gasteiger partial charge in [0.15, 0.2) is 5.82 Å². The predicted molar refractivity (Wildman–Crippen MR) is 131 cm³/mol. The number of halogens is 1. The molecule has 1 aromatic carbocycles. The highest BCUT2D eigenvalue weighted by Crippen LogP contribution is 2.30. The molecule has 1 aliphatic carbocycles. The summed E-state index contributed by atoms with van der Waals surface area (Å²) in [6.07, 6.45) is 7.80. The number of benzene rings is 1. The van der Waals surface area contributed by atoms with Gasteiger partial charge in [-0.3, -0.25) is 4.79 Å². The van der Waals surface area contributed by atoms with Crippen LogP contribution in [0.15, 0.2) is 43.0 Å². The van der Waals surface area contributed by atoms with Crippen LogP contribution in [0.3, 0.4) is 0 Å². The van der Waals surface area contributed by atoms with Crippen molar-refractivity contribution in [3.8, 4) is 5.82 Å². The number of aromatic carboxylic acids is 1. The first-order chi connectivity index (χ1) is 18.0. The number of rotatable bonds is 5. The number of amides is 1. The third kappa shape index (κ3) is 4.28. The molecule has 0 radical (unpaired) electrons. The van der Waals surface area contributed by atoms with Crippen LogP contribution < -0.4 is 5.32 Å². The van der Waals surface area contributed by atoms with Gasteiger partial charge in [-0.05, 0) is 43.9 Å². The Labute approximate surface area is 211 Å². The SMILES string of the molecule is O=C(O)c1cn(-c2ccnc(NC3CCC(C(=O)N4CCn5cnnc5C4)CC3)n2)c2cccc(F)c12. The van der Waals surface area contributed by atoms with Gasteiger partial charge < -0.3 is 24.5 Å². The highest BCUT2D eigenvalue weighted by Gasteiger charge is 2.32. The molecule has 0 bridgehead atoms. The zero-order valence-corrected chi connectivity index (χ0v) is 19.9. The summed E-state index contributed by atoms with van der Waals surface area (Å²) in [5.74, 6) is 0.000843. The molecule has 1 saturated carbocycles. The van der Waals surface area contributed by atoms with Gasteiger partial charge in [-0.1, -0.05) is 6.07 Å².